The fourth-order valence-electron chi connectivity index (χ4n) is 1.82. The van der Waals surface area contributed by atoms with Gasteiger partial charge in [0, 0.05) is 20.2 Å². The molecular weight excluding hydrogens is 412 g/mol. The van der Waals surface area contributed by atoms with E-state index in [-0.39, 0.29) is 11.9 Å². The molecule has 3 nitrogen and oxygen atoms in total. The van der Waals surface area contributed by atoms with E-state index in [4.69, 9.17) is 17.4 Å². The molecule has 3 N–H and O–H groups in total. The van der Waals surface area contributed by atoms with Crippen LogP contribution in [0.2, 0.25) is 5.02 Å². The van der Waals surface area contributed by atoms with Gasteiger partial charge in [0.25, 0.3) is 0 Å². The van der Waals surface area contributed by atoms with Gasteiger partial charge in [0.15, 0.2) is 0 Å². The average Bonchev–Trinajstić information content (AvgIpc) is 2.39. The molecule has 0 fully saturated rings. The first-order valence-corrected chi connectivity index (χ1v) is 7.68. The summed E-state index contributed by atoms with van der Waals surface area (Å²) in [7, 11) is 0. The van der Waals surface area contributed by atoms with Crippen LogP contribution < -0.4 is 11.3 Å². The summed E-state index contributed by atoms with van der Waals surface area (Å²) >= 11 is 12.8. The second-order valence-corrected chi connectivity index (χ2v) is 6.36. The summed E-state index contributed by atoms with van der Waals surface area (Å²) in [6, 6.07) is 5.96. The maximum Gasteiger partial charge on any atom is 0.124 e. The molecule has 20 heavy (non-hydrogen) atoms. The molecule has 0 amide bonds. The molecule has 0 aliphatic heterocycles. The van der Waals surface area contributed by atoms with Crippen LogP contribution in [0.4, 0.5) is 4.39 Å². The van der Waals surface area contributed by atoms with E-state index >= 15 is 0 Å². The molecule has 2 rings (SSSR count). The van der Waals surface area contributed by atoms with E-state index in [0.717, 1.165) is 20.2 Å². The average molecular weight is 424 g/mol. The molecule has 1 heterocycles. The number of halogens is 4. The Bertz CT molecular complexity index is 625. The summed E-state index contributed by atoms with van der Waals surface area (Å²) in [5.74, 6) is 5.24. The predicted molar refractivity (Wildman–Crippen MR) is 84.8 cm³/mol. The van der Waals surface area contributed by atoms with Crippen LogP contribution in [0.15, 0.2) is 39.4 Å². The second-order valence-electron chi connectivity index (χ2n) is 4.18. The van der Waals surface area contributed by atoms with Crippen LogP contribution in [-0.2, 0) is 6.42 Å². The highest BCUT2D eigenvalue weighted by molar-refractivity contribution is 9.11. The Balaban J connectivity index is 2.28. The van der Waals surface area contributed by atoms with E-state index in [2.05, 4.69) is 42.3 Å². The van der Waals surface area contributed by atoms with E-state index in [1.165, 1.54) is 12.1 Å². The molecule has 106 valence electrons. The van der Waals surface area contributed by atoms with Crippen molar-refractivity contribution in [2.24, 2.45) is 5.84 Å². The fourth-order valence-corrected chi connectivity index (χ4v) is 3.33. The van der Waals surface area contributed by atoms with Gasteiger partial charge in [-0.15, -0.1) is 0 Å². The monoisotopic (exact) mass is 421 g/mol. The Hall–Kier alpha value is -0.530. The number of nitrogens with zero attached hydrogens (tertiary/aromatic N) is 1. The third-order valence-corrected chi connectivity index (χ3v) is 4.23. The van der Waals surface area contributed by atoms with Gasteiger partial charge in [0.05, 0.1) is 11.7 Å². The number of hydrogen-bond acceptors (Lipinski definition) is 3. The van der Waals surface area contributed by atoms with Gasteiger partial charge < -0.3 is 0 Å². The molecule has 0 aliphatic carbocycles. The van der Waals surface area contributed by atoms with E-state index in [1.807, 2.05) is 6.07 Å². The molecule has 0 radical (unpaired) electrons. The van der Waals surface area contributed by atoms with E-state index in [0.29, 0.717) is 11.4 Å². The smallest absolute Gasteiger partial charge is 0.124 e. The molecule has 2 aromatic rings. The quantitative estimate of drug-likeness (QED) is 0.574. The largest absolute Gasteiger partial charge is 0.271 e. The van der Waals surface area contributed by atoms with Crippen molar-refractivity contribution in [3.63, 3.8) is 0 Å². The lowest BCUT2D eigenvalue weighted by Crippen LogP contribution is -2.30. The lowest BCUT2D eigenvalue weighted by molar-refractivity contribution is 0.535. The van der Waals surface area contributed by atoms with Crippen LogP contribution in [0.5, 0.6) is 0 Å². The van der Waals surface area contributed by atoms with Crippen molar-refractivity contribution in [2.75, 3.05) is 0 Å². The highest BCUT2D eigenvalue weighted by atomic mass is 79.9. The van der Waals surface area contributed by atoms with Gasteiger partial charge in [0.2, 0.25) is 0 Å². The van der Waals surface area contributed by atoms with Gasteiger partial charge in [-0.2, -0.15) is 0 Å². The van der Waals surface area contributed by atoms with Crippen molar-refractivity contribution in [2.45, 2.75) is 12.5 Å². The number of nitrogens with one attached hydrogen (secondary N) is 1. The van der Waals surface area contributed by atoms with Crippen LogP contribution in [0.3, 0.4) is 0 Å². The van der Waals surface area contributed by atoms with Crippen molar-refractivity contribution in [3.05, 3.63) is 61.5 Å². The van der Waals surface area contributed by atoms with Gasteiger partial charge in [-0.25, -0.2) is 4.39 Å². The van der Waals surface area contributed by atoms with E-state index < -0.39 is 0 Å². The first-order chi connectivity index (χ1) is 9.51. The third kappa shape index (κ3) is 3.77. The van der Waals surface area contributed by atoms with Crippen LogP contribution in [0.1, 0.15) is 17.3 Å². The summed E-state index contributed by atoms with van der Waals surface area (Å²) in [5.41, 5.74) is 4.27. The Morgan fingerprint density at radius 3 is 2.70 bits per heavy atom. The first kappa shape index (κ1) is 15.9. The molecule has 1 aromatic carbocycles. The van der Waals surface area contributed by atoms with Gasteiger partial charge in [-0.05, 0) is 62.0 Å². The molecule has 0 bridgehead atoms. The fraction of sp³-hybridized carbons (Fsp3) is 0.154. The summed E-state index contributed by atoms with van der Waals surface area (Å²) in [6.45, 7) is 0. The number of rotatable bonds is 4. The molecule has 0 spiro atoms. The minimum atomic E-state index is -0.362. The van der Waals surface area contributed by atoms with Gasteiger partial charge in [-0.3, -0.25) is 16.3 Å². The third-order valence-electron chi connectivity index (χ3n) is 2.81. The van der Waals surface area contributed by atoms with Gasteiger partial charge in [-0.1, -0.05) is 17.7 Å². The number of nitrogens with two attached hydrogens (primary N) is 1. The number of hydrazine groups is 1. The minimum absolute atomic E-state index is 0.236. The molecule has 1 aromatic heterocycles. The zero-order valence-electron chi connectivity index (χ0n) is 10.2. The molecule has 7 heteroatoms. The van der Waals surface area contributed by atoms with Crippen LogP contribution in [-0.4, -0.2) is 4.98 Å². The number of hydrogen-bond donors (Lipinski definition) is 2. The zero-order chi connectivity index (χ0) is 14.7. The summed E-state index contributed by atoms with van der Waals surface area (Å²) in [6.07, 6.45) is 2.19. The second kappa shape index (κ2) is 6.95. The van der Waals surface area contributed by atoms with Crippen LogP contribution >= 0.6 is 43.5 Å². The molecule has 0 aliphatic rings. The van der Waals surface area contributed by atoms with E-state index in [9.17, 15) is 4.39 Å². The molecule has 0 saturated carbocycles. The normalized spacial score (nSPS) is 12.4. The SMILES string of the molecule is NNC(Cc1ccc(F)cc1Cl)c1ncc(Br)cc1Br. The maximum atomic E-state index is 13.0. The van der Waals surface area contributed by atoms with Gasteiger partial charge >= 0.3 is 0 Å². The predicted octanol–water partition coefficient (Wildman–Crippen LogP) is 4.15. The Morgan fingerprint density at radius 1 is 1.35 bits per heavy atom. The highest BCUT2D eigenvalue weighted by Crippen LogP contribution is 2.28. The number of pyridine rings is 1. The van der Waals surface area contributed by atoms with Crippen molar-refractivity contribution in [3.8, 4) is 0 Å². The molecular formula is C13H11Br2ClFN3. The van der Waals surface area contributed by atoms with Crippen LogP contribution in [0.25, 0.3) is 0 Å². The zero-order valence-corrected chi connectivity index (χ0v) is 14.1. The van der Waals surface area contributed by atoms with Crippen molar-refractivity contribution < 1.29 is 4.39 Å². The number of aromatic nitrogens is 1. The lowest BCUT2D eigenvalue weighted by atomic mass is 10.0. The Kier molecular flexibility index (Phi) is 5.51. The van der Waals surface area contributed by atoms with Crippen LogP contribution in [0, 0.1) is 5.82 Å². The summed E-state index contributed by atoms with van der Waals surface area (Å²) in [5, 5.41) is 0.374. The lowest BCUT2D eigenvalue weighted by Gasteiger charge is -2.17. The minimum Gasteiger partial charge on any atom is -0.271 e. The standard InChI is InChI=1S/C13H11Br2ClFN3/c14-8-4-10(15)13(19-6-8)12(20-18)3-7-1-2-9(17)5-11(7)16/h1-2,4-6,12,20H,3,18H2. The van der Waals surface area contributed by atoms with E-state index in [1.54, 1.807) is 12.3 Å². The molecule has 1 atom stereocenters. The Morgan fingerprint density at radius 2 is 2.10 bits per heavy atom. The van der Waals surface area contributed by atoms with Gasteiger partial charge in [0.1, 0.15) is 5.82 Å². The van der Waals surface area contributed by atoms with Crippen molar-refractivity contribution in [1.82, 2.24) is 10.4 Å². The molecule has 1 unspecified atom stereocenters. The maximum absolute atomic E-state index is 13.0. The molecule has 0 saturated heterocycles. The Labute approximate surface area is 138 Å². The first-order valence-electron chi connectivity index (χ1n) is 5.72. The summed E-state index contributed by atoms with van der Waals surface area (Å²) in [4.78, 5) is 4.34. The van der Waals surface area contributed by atoms with Crippen molar-refractivity contribution >= 4 is 43.5 Å². The highest BCUT2D eigenvalue weighted by Gasteiger charge is 2.17. The topological polar surface area (TPSA) is 50.9 Å². The number of benzene rings is 1. The summed E-state index contributed by atoms with van der Waals surface area (Å²) < 4.78 is 14.7. The van der Waals surface area contributed by atoms with Crippen molar-refractivity contribution in [1.29, 1.82) is 0 Å².